The van der Waals surface area contributed by atoms with E-state index in [1.165, 1.54) is 12.3 Å². The maximum atomic E-state index is 12.1. The highest BCUT2D eigenvalue weighted by atomic mass is 35.5. The van der Waals surface area contributed by atoms with Gasteiger partial charge in [-0.3, -0.25) is 9.59 Å². The second-order valence-electron chi connectivity index (χ2n) is 6.51. The number of hydrogen-bond donors (Lipinski definition) is 2. The first-order valence-electron chi connectivity index (χ1n) is 7.62. The molecule has 2 rings (SSSR count). The van der Waals surface area contributed by atoms with Crippen LogP contribution in [0.4, 0.5) is 5.69 Å². The van der Waals surface area contributed by atoms with Gasteiger partial charge in [-0.15, -0.1) is 0 Å². The van der Waals surface area contributed by atoms with Gasteiger partial charge in [0.1, 0.15) is 5.69 Å². The lowest BCUT2D eigenvalue weighted by atomic mass is 9.95. The van der Waals surface area contributed by atoms with Gasteiger partial charge in [0.2, 0.25) is 5.91 Å². The van der Waals surface area contributed by atoms with Crippen LogP contribution in [-0.2, 0) is 9.53 Å². The zero-order valence-corrected chi connectivity index (χ0v) is 14.9. The number of ether oxygens (including phenoxy) is 1. The molecule has 1 amide bonds. The fourth-order valence-corrected chi connectivity index (χ4v) is 2.00. The third-order valence-corrected chi connectivity index (χ3v) is 3.57. The monoisotopic (exact) mass is 362 g/mol. The fourth-order valence-electron chi connectivity index (χ4n) is 1.84. The molecule has 0 bridgehead atoms. The summed E-state index contributed by atoms with van der Waals surface area (Å²) in [5, 5.41) is 3.15. The SMILES string of the molecule is CC(C)(C)C(=O)Nc1ccc(C(=O)COC(=O)c2cc(Cl)c[nH]2)cc1. The second kappa shape index (κ2) is 7.53. The summed E-state index contributed by atoms with van der Waals surface area (Å²) in [5.74, 6) is -1.13. The summed E-state index contributed by atoms with van der Waals surface area (Å²) in [6.45, 7) is 5.05. The molecule has 0 unspecified atom stereocenters. The molecule has 1 aromatic heterocycles. The maximum Gasteiger partial charge on any atom is 0.355 e. The number of hydrogen-bond acceptors (Lipinski definition) is 4. The van der Waals surface area contributed by atoms with Gasteiger partial charge in [-0.25, -0.2) is 4.79 Å². The van der Waals surface area contributed by atoms with Crippen molar-refractivity contribution in [1.29, 1.82) is 0 Å². The average Bonchev–Trinajstić information content (AvgIpc) is 2.98. The number of rotatable bonds is 5. The Bertz CT molecular complexity index is 788. The van der Waals surface area contributed by atoms with E-state index in [-0.39, 0.29) is 24.0 Å². The number of amides is 1. The topological polar surface area (TPSA) is 88.3 Å². The Morgan fingerprint density at radius 2 is 1.80 bits per heavy atom. The number of carbonyl (C=O) groups excluding carboxylic acids is 3. The molecule has 0 aliphatic carbocycles. The highest BCUT2D eigenvalue weighted by Gasteiger charge is 2.21. The predicted molar refractivity (Wildman–Crippen MR) is 94.9 cm³/mol. The lowest BCUT2D eigenvalue weighted by Crippen LogP contribution is -2.27. The highest BCUT2D eigenvalue weighted by Crippen LogP contribution is 2.18. The molecule has 0 spiro atoms. The van der Waals surface area contributed by atoms with Gasteiger partial charge < -0.3 is 15.0 Å². The molecule has 25 heavy (non-hydrogen) atoms. The molecule has 2 aromatic rings. The van der Waals surface area contributed by atoms with Gasteiger partial charge in [-0.05, 0) is 30.3 Å². The van der Waals surface area contributed by atoms with E-state index < -0.39 is 11.4 Å². The molecule has 6 nitrogen and oxygen atoms in total. The summed E-state index contributed by atoms with van der Waals surface area (Å²) in [6, 6.07) is 7.81. The molecule has 0 saturated heterocycles. The minimum Gasteiger partial charge on any atom is -0.453 e. The average molecular weight is 363 g/mol. The van der Waals surface area contributed by atoms with Crippen LogP contribution in [0.5, 0.6) is 0 Å². The summed E-state index contributed by atoms with van der Waals surface area (Å²) in [7, 11) is 0. The molecule has 7 heteroatoms. The van der Waals surface area contributed by atoms with Gasteiger partial charge in [0.25, 0.3) is 0 Å². The van der Waals surface area contributed by atoms with Gasteiger partial charge in [0.15, 0.2) is 12.4 Å². The minimum atomic E-state index is -0.658. The molecule has 1 aromatic carbocycles. The van der Waals surface area contributed by atoms with Crippen LogP contribution >= 0.6 is 11.6 Å². The fraction of sp³-hybridized carbons (Fsp3) is 0.278. The van der Waals surface area contributed by atoms with E-state index in [0.29, 0.717) is 16.3 Å². The summed E-state index contributed by atoms with van der Waals surface area (Å²) in [6.07, 6.45) is 1.45. The Morgan fingerprint density at radius 1 is 1.16 bits per heavy atom. The molecular weight excluding hydrogens is 344 g/mol. The number of H-pyrrole nitrogens is 1. The predicted octanol–water partition coefficient (Wildman–Crippen LogP) is 3.69. The summed E-state index contributed by atoms with van der Waals surface area (Å²) < 4.78 is 4.95. The van der Waals surface area contributed by atoms with E-state index in [2.05, 4.69) is 10.3 Å². The number of ketones is 1. The van der Waals surface area contributed by atoms with Crippen LogP contribution in [-0.4, -0.2) is 29.3 Å². The molecule has 2 N–H and O–H groups in total. The van der Waals surface area contributed by atoms with E-state index >= 15 is 0 Å². The smallest absolute Gasteiger partial charge is 0.355 e. The maximum absolute atomic E-state index is 12.1. The van der Waals surface area contributed by atoms with Gasteiger partial charge in [-0.2, -0.15) is 0 Å². The Kier molecular flexibility index (Phi) is 5.64. The van der Waals surface area contributed by atoms with Crippen molar-refractivity contribution in [2.75, 3.05) is 11.9 Å². The number of carbonyl (C=O) groups is 3. The number of aromatic amines is 1. The zero-order chi connectivity index (χ0) is 18.6. The second-order valence-corrected chi connectivity index (χ2v) is 6.95. The Labute approximate surface area is 150 Å². The Balaban J connectivity index is 1.92. The quantitative estimate of drug-likeness (QED) is 0.627. The van der Waals surface area contributed by atoms with Crippen LogP contribution in [0.3, 0.4) is 0 Å². The molecule has 0 atom stereocenters. The van der Waals surface area contributed by atoms with Crippen molar-refractivity contribution in [3.8, 4) is 0 Å². The van der Waals surface area contributed by atoms with E-state index in [4.69, 9.17) is 16.3 Å². The third kappa shape index (κ3) is 5.19. The number of anilines is 1. The molecule has 0 aliphatic heterocycles. The molecule has 0 aliphatic rings. The Hall–Kier alpha value is -2.60. The number of Topliss-reactive ketones (excluding diaryl/α,β-unsaturated/α-hetero) is 1. The van der Waals surface area contributed by atoms with Crippen LogP contribution < -0.4 is 5.32 Å². The third-order valence-electron chi connectivity index (χ3n) is 3.35. The minimum absolute atomic E-state index is 0.120. The normalized spacial score (nSPS) is 11.0. The van der Waals surface area contributed by atoms with E-state index in [0.717, 1.165) is 0 Å². The zero-order valence-electron chi connectivity index (χ0n) is 14.2. The summed E-state index contributed by atoms with van der Waals surface area (Å²) in [4.78, 5) is 38.4. The van der Waals surface area contributed by atoms with Crippen molar-refractivity contribution >= 4 is 34.9 Å². The molecule has 0 radical (unpaired) electrons. The number of esters is 1. The lowest BCUT2D eigenvalue weighted by molar-refractivity contribution is -0.123. The molecule has 132 valence electrons. The summed E-state index contributed by atoms with van der Waals surface area (Å²) >= 11 is 5.71. The van der Waals surface area contributed by atoms with Gasteiger partial charge in [0, 0.05) is 22.9 Å². The lowest BCUT2D eigenvalue weighted by Gasteiger charge is -2.17. The van der Waals surface area contributed by atoms with Crippen LogP contribution in [0, 0.1) is 5.41 Å². The number of aromatic nitrogens is 1. The first-order chi connectivity index (χ1) is 11.7. The van der Waals surface area contributed by atoms with Crippen molar-refractivity contribution in [2.24, 2.45) is 5.41 Å². The molecule has 1 heterocycles. The Morgan fingerprint density at radius 3 is 2.32 bits per heavy atom. The standard InChI is InChI=1S/C18H19ClN2O4/c1-18(2,3)17(24)21-13-6-4-11(5-7-13)15(22)10-25-16(23)14-8-12(19)9-20-14/h4-9,20H,10H2,1-3H3,(H,21,24). The molecular formula is C18H19ClN2O4. The largest absolute Gasteiger partial charge is 0.453 e. The van der Waals surface area contributed by atoms with Crippen molar-refractivity contribution in [3.05, 3.63) is 52.8 Å². The van der Waals surface area contributed by atoms with Crippen molar-refractivity contribution in [2.45, 2.75) is 20.8 Å². The van der Waals surface area contributed by atoms with Gasteiger partial charge in [0.05, 0.1) is 5.02 Å². The van der Waals surface area contributed by atoms with Crippen LogP contribution in [0.15, 0.2) is 36.5 Å². The highest BCUT2D eigenvalue weighted by molar-refractivity contribution is 6.30. The van der Waals surface area contributed by atoms with E-state index in [9.17, 15) is 14.4 Å². The van der Waals surface area contributed by atoms with Gasteiger partial charge in [-0.1, -0.05) is 32.4 Å². The van der Waals surface area contributed by atoms with Crippen LogP contribution in [0.2, 0.25) is 5.02 Å². The number of halogens is 1. The van der Waals surface area contributed by atoms with Crippen LogP contribution in [0.1, 0.15) is 41.6 Å². The van der Waals surface area contributed by atoms with E-state index in [1.54, 1.807) is 24.3 Å². The number of nitrogens with one attached hydrogen (secondary N) is 2. The van der Waals surface area contributed by atoms with Crippen molar-refractivity contribution in [3.63, 3.8) is 0 Å². The van der Waals surface area contributed by atoms with Crippen molar-refractivity contribution in [1.82, 2.24) is 4.98 Å². The first kappa shape index (κ1) is 18.7. The number of benzene rings is 1. The first-order valence-corrected chi connectivity index (χ1v) is 8.00. The molecule has 0 saturated carbocycles. The van der Waals surface area contributed by atoms with Crippen LogP contribution in [0.25, 0.3) is 0 Å². The molecule has 0 fully saturated rings. The van der Waals surface area contributed by atoms with E-state index in [1.807, 2.05) is 20.8 Å². The summed E-state index contributed by atoms with van der Waals surface area (Å²) in [5.41, 5.74) is 0.641. The van der Waals surface area contributed by atoms with Crippen molar-refractivity contribution < 1.29 is 19.1 Å². The van der Waals surface area contributed by atoms with Gasteiger partial charge >= 0.3 is 5.97 Å².